The zero-order valence-corrected chi connectivity index (χ0v) is 10.4. The molecule has 0 N–H and O–H groups in total. The number of benzene rings is 1. The molecule has 5 heteroatoms. The van der Waals surface area contributed by atoms with Crippen LogP contribution in [-0.4, -0.2) is 13.0 Å². The minimum absolute atomic E-state index is 0.482. The van der Waals surface area contributed by atoms with Crippen molar-refractivity contribution in [2.75, 3.05) is 0 Å². The number of halogens is 1. The molecular weight excluding hydrogens is 225 g/mol. The Labute approximate surface area is 94.5 Å². The first kappa shape index (κ1) is 12.4. The van der Waals surface area contributed by atoms with Gasteiger partial charge in [-0.05, 0) is 12.1 Å². The molecule has 1 aromatic rings. The normalized spacial score (nSPS) is 10.5. The van der Waals surface area contributed by atoms with Gasteiger partial charge in [-0.15, -0.1) is 5.54 Å². The molecule has 16 heavy (non-hydrogen) atoms. The molecule has 0 fully saturated rings. The van der Waals surface area contributed by atoms with Crippen molar-refractivity contribution in [3.63, 3.8) is 0 Å². The van der Waals surface area contributed by atoms with Crippen LogP contribution < -0.4 is 0 Å². The van der Waals surface area contributed by atoms with Crippen LogP contribution in [0.1, 0.15) is 5.56 Å². The number of hydrogen-bond acceptors (Lipinski definition) is 2. The van der Waals surface area contributed by atoms with E-state index in [0.29, 0.717) is 5.56 Å². The highest BCUT2D eigenvalue weighted by Crippen LogP contribution is 2.17. The standard InChI is InChI=1S/C11H12FNO2Si/c1-16(2,3)7-6-9-4-5-10(12)11(8-9)13(14)15/h4-5,8H,1-3H3. The molecule has 0 radical (unpaired) electrons. The lowest BCUT2D eigenvalue weighted by molar-refractivity contribution is -0.387. The Morgan fingerprint density at radius 2 is 2.00 bits per heavy atom. The van der Waals surface area contributed by atoms with Crippen molar-refractivity contribution in [1.29, 1.82) is 0 Å². The Kier molecular flexibility index (Phi) is 3.45. The van der Waals surface area contributed by atoms with Gasteiger partial charge in [0.2, 0.25) is 5.82 Å². The first-order valence-corrected chi connectivity index (χ1v) is 8.27. The Bertz CT molecular complexity index is 483. The highest BCUT2D eigenvalue weighted by atomic mass is 28.3. The van der Waals surface area contributed by atoms with Crippen molar-refractivity contribution in [3.05, 3.63) is 39.7 Å². The maximum Gasteiger partial charge on any atom is 0.306 e. The smallest absolute Gasteiger partial charge is 0.258 e. The quantitative estimate of drug-likeness (QED) is 0.326. The summed E-state index contributed by atoms with van der Waals surface area (Å²) in [6, 6.07) is 3.70. The predicted octanol–water partition coefficient (Wildman–Crippen LogP) is 2.96. The summed E-state index contributed by atoms with van der Waals surface area (Å²) in [5, 5.41) is 10.5. The third kappa shape index (κ3) is 3.48. The van der Waals surface area contributed by atoms with Crippen molar-refractivity contribution < 1.29 is 9.31 Å². The molecule has 0 unspecified atom stereocenters. The van der Waals surface area contributed by atoms with Gasteiger partial charge in [0, 0.05) is 11.6 Å². The number of rotatable bonds is 1. The van der Waals surface area contributed by atoms with Gasteiger partial charge < -0.3 is 0 Å². The molecule has 0 aromatic heterocycles. The molecule has 3 nitrogen and oxygen atoms in total. The van der Waals surface area contributed by atoms with Gasteiger partial charge in [-0.1, -0.05) is 25.6 Å². The highest BCUT2D eigenvalue weighted by molar-refractivity contribution is 6.83. The van der Waals surface area contributed by atoms with Gasteiger partial charge in [-0.25, -0.2) is 0 Å². The second kappa shape index (κ2) is 4.45. The fourth-order valence-corrected chi connectivity index (χ4v) is 1.51. The van der Waals surface area contributed by atoms with E-state index >= 15 is 0 Å². The molecule has 0 amide bonds. The third-order valence-electron chi connectivity index (χ3n) is 1.72. The molecule has 84 valence electrons. The zero-order chi connectivity index (χ0) is 12.3. The van der Waals surface area contributed by atoms with Gasteiger partial charge in [0.1, 0.15) is 8.07 Å². The van der Waals surface area contributed by atoms with E-state index < -0.39 is 24.5 Å². The van der Waals surface area contributed by atoms with Crippen LogP contribution in [0.25, 0.3) is 0 Å². The molecule has 0 aliphatic rings. The minimum Gasteiger partial charge on any atom is -0.258 e. The van der Waals surface area contributed by atoms with Gasteiger partial charge in [-0.2, -0.15) is 4.39 Å². The van der Waals surface area contributed by atoms with E-state index in [2.05, 4.69) is 31.1 Å². The molecule has 0 saturated carbocycles. The lowest BCUT2D eigenvalue weighted by Crippen LogP contribution is -2.16. The fourth-order valence-electron chi connectivity index (χ4n) is 0.990. The second-order valence-corrected chi connectivity index (χ2v) is 9.17. The van der Waals surface area contributed by atoms with Crippen molar-refractivity contribution in [1.82, 2.24) is 0 Å². The number of nitro groups is 1. The summed E-state index contributed by atoms with van der Waals surface area (Å²) in [5.41, 5.74) is 3.02. The van der Waals surface area contributed by atoms with Crippen LogP contribution in [-0.2, 0) is 0 Å². The van der Waals surface area contributed by atoms with E-state index in [1.165, 1.54) is 12.1 Å². The summed E-state index contributed by atoms with van der Waals surface area (Å²) in [6.45, 7) is 6.20. The van der Waals surface area contributed by atoms with Gasteiger partial charge in [-0.3, -0.25) is 10.1 Å². The van der Waals surface area contributed by atoms with Crippen LogP contribution in [0.5, 0.6) is 0 Å². The summed E-state index contributed by atoms with van der Waals surface area (Å²) < 4.78 is 13.0. The van der Waals surface area contributed by atoms with Crippen LogP contribution in [0, 0.1) is 27.4 Å². The molecule has 1 aromatic carbocycles. The van der Waals surface area contributed by atoms with E-state index in [-0.39, 0.29) is 0 Å². The Morgan fingerprint density at radius 1 is 1.38 bits per heavy atom. The van der Waals surface area contributed by atoms with E-state index in [0.717, 1.165) is 6.07 Å². The highest BCUT2D eigenvalue weighted by Gasteiger charge is 2.14. The van der Waals surface area contributed by atoms with E-state index in [9.17, 15) is 14.5 Å². The second-order valence-electron chi connectivity index (χ2n) is 4.42. The monoisotopic (exact) mass is 237 g/mol. The Balaban J connectivity index is 3.13. The molecule has 0 saturated heterocycles. The van der Waals surface area contributed by atoms with Gasteiger partial charge in [0.05, 0.1) is 4.92 Å². The topological polar surface area (TPSA) is 43.1 Å². The van der Waals surface area contributed by atoms with Gasteiger partial charge in [0.15, 0.2) is 0 Å². The Morgan fingerprint density at radius 3 is 2.50 bits per heavy atom. The van der Waals surface area contributed by atoms with Crippen LogP contribution in [0.4, 0.5) is 10.1 Å². The molecule has 0 aliphatic carbocycles. The van der Waals surface area contributed by atoms with Gasteiger partial charge >= 0.3 is 5.69 Å². The molecule has 0 aliphatic heterocycles. The minimum atomic E-state index is -1.52. The zero-order valence-electron chi connectivity index (χ0n) is 9.37. The van der Waals surface area contributed by atoms with Crippen LogP contribution in [0.2, 0.25) is 19.6 Å². The van der Waals surface area contributed by atoms with Crippen molar-refractivity contribution in [2.45, 2.75) is 19.6 Å². The largest absolute Gasteiger partial charge is 0.306 e. The SMILES string of the molecule is C[Si](C)(C)C#Cc1ccc(F)c([N+](=O)[O-])c1. The molecular formula is C11H12FNO2Si. The van der Waals surface area contributed by atoms with Crippen LogP contribution in [0.3, 0.4) is 0 Å². The summed E-state index contributed by atoms with van der Waals surface area (Å²) in [4.78, 5) is 9.76. The number of hydrogen-bond donors (Lipinski definition) is 0. The van der Waals surface area contributed by atoms with Crippen molar-refractivity contribution in [2.24, 2.45) is 0 Å². The van der Waals surface area contributed by atoms with Crippen molar-refractivity contribution in [3.8, 4) is 11.5 Å². The molecule has 0 atom stereocenters. The van der Waals surface area contributed by atoms with E-state index in [1.807, 2.05) is 0 Å². The van der Waals surface area contributed by atoms with Crippen LogP contribution >= 0.6 is 0 Å². The predicted molar refractivity (Wildman–Crippen MR) is 63.3 cm³/mol. The summed E-state index contributed by atoms with van der Waals surface area (Å²) in [6.07, 6.45) is 0. The molecule has 0 bridgehead atoms. The van der Waals surface area contributed by atoms with Crippen LogP contribution in [0.15, 0.2) is 18.2 Å². The van der Waals surface area contributed by atoms with E-state index in [4.69, 9.17) is 0 Å². The number of nitrogens with zero attached hydrogens (tertiary/aromatic N) is 1. The Hall–Kier alpha value is -1.67. The lowest BCUT2D eigenvalue weighted by Gasteiger charge is -2.03. The first-order valence-electron chi connectivity index (χ1n) is 4.77. The van der Waals surface area contributed by atoms with Gasteiger partial charge in [0.25, 0.3) is 0 Å². The number of nitro benzene ring substituents is 1. The molecule has 1 rings (SSSR count). The molecule has 0 spiro atoms. The van der Waals surface area contributed by atoms with E-state index in [1.54, 1.807) is 0 Å². The van der Waals surface area contributed by atoms with Crippen molar-refractivity contribution >= 4 is 13.8 Å². The maximum absolute atomic E-state index is 13.0. The average molecular weight is 237 g/mol. The first-order chi connectivity index (χ1) is 7.29. The summed E-state index contributed by atoms with van der Waals surface area (Å²) in [5.74, 6) is 2.02. The lowest BCUT2D eigenvalue weighted by atomic mass is 10.2. The summed E-state index contributed by atoms with van der Waals surface area (Å²) in [7, 11) is -1.52. The average Bonchev–Trinajstić information content (AvgIpc) is 2.14. The molecule has 0 heterocycles. The fraction of sp³-hybridized carbons (Fsp3) is 0.273. The maximum atomic E-state index is 13.0. The third-order valence-corrected chi connectivity index (χ3v) is 2.60. The summed E-state index contributed by atoms with van der Waals surface area (Å²) >= 11 is 0.